The van der Waals surface area contributed by atoms with Crippen LogP contribution in [0, 0.1) is 27.7 Å². The van der Waals surface area contributed by atoms with E-state index >= 15 is 0 Å². The topological polar surface area (TPSA) is 43.8 Å². The van der Waals surface area contributed by atoms with Gasteiger partial charge in [0.05, 0.1) is 6.10 Å². The Morgan fingerprint density at radius 2 is 1.61 bits per heavy atom. The van der Waals surface area contributed by atoms with Crippen molar-refractivity contribution >= 4 is 5.91 Å². The third kappa shape index (κ3) is 4.12. The van der Waals surface area contributed by atoms with E-state index in [1.807, 2.05) is 4.90 Å². The fourth-order valence-corrected chi connectivity index (χ4v) is 3.48. The van der Waals surface area contributed by atoms with Crippen molar-refractivity contribution in [3.05, 3.63) is 33.9 Å². The van der Waals surface area contributed by atoms with Gasteiger partial charge in [-0.05, 0) is 61.9 Å². The molecular formula is C19H30N2O2. The lowest BCUT2D eigenvalue weighted by molar-refractivity contribution is -0.130. The van der Waals surface area contributed by atoms with Crippen LogP contribution < -0.4 is 0 Å². The van der Waals surface area contributed by atoms with E-state index in [1.165, 1.54) is 22.3 Å². The number of carbonyl (C=O) groups is 1. The van der Waals surface area contributed by atoms with Gasteiger partial charge in [-0.25, -0.2) is 0 Å². The van der Waals surface area contributed by atoms with Crippen LogP contribution in [0.3, 0.4) is 0 Å². The van der Waals surface area contributed by atoms with Gasteiger partial charge in [0.2, 0.25) is 5.91 Å². The molecule has 1 N–H and O–H groups in total. The number of aliphatic hydroxyl groups excluding tert-OH is 1. The molecule has 4 heteroatoms. The third-order valence-electron chi connectivity index (χ3n) is 5.29. The SMILES string of the molecule is CC(=O)N1CCN(CCC(O)c2c(C)c(C)cc(C)c2C)CC1. The van der Waals surface area contributed by atoms with E-state index in [0.29, 0.717) is 0 Å². The number of rotatable bonds is 4. The summed E-state index contributed by atoms with van der Waals surface area (Å²) in [4.78, 5) is 15.6. The second-order valence-electron chi connectivity index (χ2n) is 6.83. The summed E-state index contributed by atoms with van der Waals surface area (Å²) in [5, 5.41) is 10.7. The Balaban J connectivity index is 1.96. The largest absolute Gasteiger partial charge is 0.388 e. The van der Waals surface area contributed by atoms with E-state index in [1.54, 1.807) is 6.92 Å². The first kappa shape index (κ1) is 18.0. The fraction of sp³-hybridized carbons (Fsp3) is 0.632. The van der Waals surface area contributed by atoms with E-state index in [-0.39, 0.29) is 5.91 Å². The van der Waals surface area contributed by atoms with Crippen molar-refractivity contribution in [2.24, 2.45) is 0 Å². The van der Waals surface area contributed by atoms with Gasteiger partial charge in [0.1, 0.15) is 0 Å². The first-order valence-corrected chi connectivity index (χ1v) is 8.54. The number of carbonyl (C=O) groups excluding carboxylic acids is 1. The van der Waals surface area contributed by atoms with Crippen molar-refractivity contribution in [3.63, 3.8) is 0 Å². The van der Waals surface area contributed by atoms with Gasteiger partial charge in [0, 0.05) is 39.6 Å². The third-order valence-corrected chi connectivity index (χ3v) is 5.29. The molecule has 0 aliphatic carbocycles. The van der Waals surface area contributed by atoms with Crippen LogP contribution in [-0.2, 0) is 4.79 Å². The molecule has 1 aliphatic heterocycles. The molecule has 1 saturated heterocycles. The quantitative estimate of drug-likeness (QED) is 0.928. The molecule has 128 valence electrons. The van der Waals surface area contributed by atoms with E-state index in [2.05, 4.69) is 38.7 Å². The Kier molecular flexibility index (Phi) is 5.82. The Hall–Kier alpha value is -1.39. The molecular weight excluding hydrogens is 288 g/mol. The van der Waals surface area contributed by atoms with Crippen LogP contribution in [0.5, 0.6) is 0 Å². The zero-order valence-electron chi connectivity index (χ0n) is 15.1. The van der Waals surface area contributed by atoms with Gasteiger partial charge in [-0.2, -0.15) is 0 Å². The predicted octanol–water partition coefficient (Wildman–Crippen LogP) is 2.51. The lowest BCUT2D eigenvalue weighted by Crippen LogP contribution is -2.48. The summed E-state index contributed by atoms with van der Waals surface area (Å²) in [6.45, 7) is 14.3. The van der Waals surface area contributed by atoms with Crippen LogP contribution >= 0.6 is 0 Å². The summed E-state index contributed by atoms with van der Waals surface area (Å²) >= 11 is 0. The summed E-state index contributed by atoms with van der Waals surface area (Å²) < 4.78 is 0. The predicted molar refractivity (Wildman–Crippen MR) is 93.7 cm³/mol. The van der Waals surface area contributed by atoms with Crippen LogP contribution in [-0.4, -0.2) is 53.5 Å². The van der Waals surface area contributed by atoms with Crippen LogP contribution in [0.4, 0.5) is 0 Å². The van der Waals surface area contributed by atoms with E-state index < -0.39 is 6.10 Å². The molecule has 1 atom stereocenters. The van der Waals surface area contributed by atoms with Crippen molar-refractivity contribution in [2.45, 2.75) is 47.1 Å². The van der Waals surface area contributed by atoms with Crippen molar-refractivity contribution in [2.75, 3.05) is 32.7 Å². The summed E-state index contributed by atoms with van der Waals surface area (Å²) in [7, 11) is 0. The standard InChI is InChI=1S/C19H30N2O2/c1-13-12-14(2)16(4)19(15(13)3)18(23)6-7-20-8-10-21(11-9-20)17(5)22/h12,18,23H,6-11H2,1-5H3. The second kappa shape index (κ2) is 7.45. The number of aliphatic hydroxyl groups is 1. The van der Waals surface area contributed by atoms with Crippen molar-refractivity contribution in [1.82, 2.24) is 9.80 Å². The van der Waals surface area contributed by atoms with E-state index in [4.69, 9.17) is 0 Å². The van der Waals surface area contributed by atoms with Gasteiger partial charge < -0.3 is 10.0 Å². The van der Waals surface area contributed by atoms with Crippen molar-refractivity contribution in [1.29, 1.82) is 0 Å². The molecule has 1 amide bonds. The molecule has 1 unspecified atom stereocenters. The smallest absolute Gasteiger partial charge is 0.219 e. The number of hydrogen-bond donors (Lipinski definition) is 1. The first-order valence-electron chi connectivity index (χ1n) is 8.54. The number of hydrogen-bond acceptors (Lipinski definition) is 3. The number of amides is 1. The molecule has 1 aromatic rings. The van der Waals surface area contributed by atoms with E-state index in [9.17, 15) is 9.90 Å². The minimum Gasteiger partial charge on any atom is -0.388 e. The molecule has 1 heterocycles. The lowest BCUT2D eigenvalue weighted by Gasteiger charge is -2.34. The highest BCUT2D eigenvalue weighted by Crippen LogP contribution is 2.29. The Labute approximate surface area is 140 Å². The summed E-state index contributed by atoms with van der Waals surface area (Å²) in [6.07, 6.45) is 0.324. The zero-order valence-corrected chi connectivity index (χ0v) is 15.1. The highest BCUT2D eigenvalue weighted by Gasteiger charge is 2.21. The first-order chi connectivity index (χ1) is 10.8. The summed E-state index contributed by atoms with van der Waals surface area (Å²) in [6, 6.07) is 2.20. The molecule has 0 saturated carbocycles. The van der Waals surface area contributed by atoms with Crippen LogP contribution in [0.15, 0.2) is 6.07 Å². The Morgan fingerprint density at radius 1 is 1.09 bits per heavy atom. The molecule has 1 aromatic carbocycles. The van der Waals surface area contributed by atoms with Gasteiger partial charge in [-0.1, -0.05) is 6.07 Å². The molecule has 0 spiro atoms. The van der Waals surface area contributed by atoms with E-state index in [0.717, 1.165) is 44.7 Å². The van der Waals surface area contributed by atoms with Gasteiger partial charge in [0.15, 0.2) is 0 Å². The molecule has 4 nitrogen and oxygen atoms in total. The molecule has 23 heavy (non-hydrogen) atoms. The fourth-order valence-electron chi connectivity index (χ4n) is 3.48. The van der Waals surface area contributed by atoms with Gasteiger partial charge in [0.25, 0.3) is 0 Å². The highest BCUT2D eigenvalue weighted by molar-refractivity contribution is 5.73. The van der Waals surface area contributed by atoms with Crippen LogP contribution in [0.1, 0.15) is 47.3 Å². The average Bonchev–Trinajstić information content (AvgIpc) is 2.51. The van der Waals surface area contributed by atoms with Crippen LogP contribution in [0.2, 0.25) is 0 Å². The number of aryl methyl sites for hydroxylation is 2. The maximum atomic E-state index is 11.4. The second-order valence-corrected chi connectivity index (χ2v) is 6.83. The molecule has 0 bridgehead atoms. The molecule has 1 fully saturated rings. The molecule has 0 radical (unpaired) electrons. The lowest BCUT2D eigenvalue weighted by atomic mass is 9.90. The minimum absolute atomic E-state index is 0.158. The summed E-state index contributed by atoms with van der Waals surface area (Å²) in [5.74, 6) is 0.158. The molecule has 2 rings (SSSR count). The zero-order chi connectivity index (χ0) is 17.1. The number of piperazine rings is 1. The van der Waals surface area contributed by atoms with Gasteiger partial charge >= 0.3 is 0 Å². The van der Waals surface area contributed by atoms with Crippen molar-refractivity contribution in [3.8, 4) is 0 Å². The Bertz CT molecular complexity index is 549. The average molecular weight is 318 g/mol. The number of nitrogens with zero attached hydrogens (tertiary/aromatic N) is 2. The highest BCUT2D eigenvalue weighted by atomic mass is 16.3. The monoisotopic (exact) mass is 318 g/mol. The molecule has 1 aliphatic rings. The van der Waals surface area contributed by atoms with Gasteiger partial charge in [-0.15, -0.1) is 0 Å². The maximum Gasteiger partial charge on any atom is 0.219 e. The van der Waals surface area contributed by atoms with Crippen molar-refractivity contribution < 1.29 is 9.90 Å². The maximum absolute atomic E-state index is 11.4. The minimum atomic E-state index is -0.417. The van der Waals surface area contributed by atoms with Gasteiger partial charge in [-0.3, -0.25) is 9.69 Å². The Morgan fingerprint density at radius 3 is 2.09 bits per heavy atom. The molecule has 0 aromatic heterocycles. The summed E-state index contributed by atoms with van der Waals surface area (Å²) in [5.41, 5.74) is 6.02. The normalized spacial score (nSPS) is 17.4. The number of benzene rings is 1. The van der Waals surface area contributed by atoms with Crippen LogP contribution in [0.25, 0.3) is 0 Å².